The minimum Gasteiger partial charge on any atom is -0.497 e. The van der Waals surface area contributed by atoms with Crippen LogP contribution in [0.5, 0.6) is 5.75 Å². The summed E-state index contributed by atoms with van der Waals surface area (Å²) in [4.78, 5) is 12.1. The zero-order valence-corrected chi connectivity index (χ0v) is 16.7. The Hall–Kier alpha value is -3.52. The number of furan rings is 1. The standard InChI is InChI=1S/C21H20N2O5S/c1-15-3-8-19(28-15)11-14-21(24)22-16-6-12-20(13-7-16)29(25,26)23-17-4-9-18(27-2)10-5-17/h3-14,23H,1-2H3,(H,22,24)/b14-11+. The lowest BCUT2D eigenvalue weighted by Gasteiger charge is -2.09. The van der Waals surface area contributed by atoms with Crippen LogP contribution in [-0.2, 0) is 14.8 Å². The predicted octanol–water partition coefficient (Wildman–Crippen LogP) is 4.05. The Labute approximate surface area is 169 Å². The van der Waals surface area contributed by atoms with Gasteiger partial charge >= 0.3 is 0 Å². The molecule has 2 N–H and O–H groups in total. The predicted molar refractivity (Wildman–Crippen MR) is 111 cm³/mol. The number of methoxy groups -OCH3 is 1. The molecule has 0 aliphatic heterocycles. The van der Waals surface area contributed by atoms with Gasteiger partial charge in [-0.25, -0.2) is 8.42 Å². The van der Waals surface area contributed by atoms with Crippen LogP contribution in [0.3, 0.4) is 0 Å². The second-order valence-corrected chi connectivity index (χ2v) is 7.81. The largest absolute Gasteiger partial charge is 0.497 e. The van der Waals surface area contributed by atoms with Gasteiger partial charge in [-0.05, 0) is 73.7 Å². The number of aryl methyl sites for hydroxylation is 1. The average molecular weight is 412 g/mol. The number of ether oxygens (including phenoxy) is 1. The van der Waals surface area contributed by atoms with Crippen LogP contribution in [0.15, 0.2) is 76.1 Å². The number of benzene rings is 2. The third-order valence-corrected chi connectivity index (χ3v) is 5.33. The van der Waals surface area contributed by atoms with E-state index in [1.807, 2.05) is 6.92 Å². The maximum Gasteiger partial charge on any atom is 0.261 e. The summed E-state index contributed by atoms with van der Waals surface area (Å²) in [5.41, 5.74) is 0.889. The molecule has 3 aromatic rings. The summed E-state index contributed by atoms with van der Waals surface area (Å²) in [6, 6.07) is 16.0. The molecule has 0 radical (unpaired) electrons. The molecule has 0 bridgehead atoms. The Kier molecular flexibility index (Phi) is 6.04. The van der Waals surface area contributed by atoms with E-state index in [2.05, 4.69) is 10.0 Å². The first-order valence-electron chi connectivity index (χ1n) is 8.68. The lowest BCUT2D eigenvalue weighted by atomic mass is 10.3. The molecule has 1 heterocycles. The van der Waals surface area contributed by atoms with Crippen LogP contribution >= 0.6 is 0 Å². The van der Waals surface area contributed by atoms with Gasteiger partial charge in [-0.2, -0.15) is 0 Å². The van der Waals surface area contributed by atoms with E-state index < -0.39 is 10.0 Å². The highest BCUT2D eigenvalue weighted by Gasteiger charge is 2.14. The number of carbonyl (C=O) groups is 1. The molecule has 0 saturated heterocycles. The number of rotatable bonds is 7. The van der Waals surface area contributed by atoms with Gasteiger partial charge < -0.3 is 14.5 Å². The summed E-state index contributed by atoms with van der Waals surface area (Å²) in [5, 5.41) is 2.66. The van der Waals surface area contributed by atoms with Crippen molar-refractivity contribution in [1.82, 2.24) is 0 Å². The summed E-state index contributed by atoms with van der Waals surface area (Å²) in [6.07, 6.45) is 2.90. The quantitative estimate of drug-likeness (QED) is 0.571. The Morgan fingerprint density at radius 1 is 0.966 bits per heavy atom. The van der Waals surface area contributed by atoms with Gasteiger partial charge in [0, 0.05) is 17.5 Å². The van der Waals surface area contributed by atoms with Gasteiger partial charge in [-0.1, -0.05) is 0 Å². The van der Waals surface area contributed by atoms with E-state index in [1.165, 1.54) is 37.5 Å². The van der Waals surface area contributed by atoms with E-state index in [4.69, 9.17) is 9.15 Å². The molecule has 0 unspecified atom stereocenters. The lowest BCUT2D eigenvalue weighted by Crippen LogP contribution is -2.13. The minimum atomic E-state index is -3.75. The molecule has 7 nitrogen and oxygen atoms in total. The second-order valence-electron chi connectivity index (χ2n) is 6.13. The Balaban J connectivity index is 1.63. The molecule has 8 heteroatoms. The van der Waals surface area contributed by atoms with Crippen molar-refractivity contribution in [3.05, 3.63) is 78.3 Å². The van der Waals surface area contributed by atoms with Crippen LogP contribution in [0.25, 0.3) is 6.08 Å². The smallest absolute Gasteiger partial charge is 0.261 e. The van der Waals surface area contributed by atoms with Crippen molar-refractivity contribution >= 4 is 33.4 Å². The summed E-state index contributed by atoms with van der Waals surface area (Å²) in [6.45, 7) is 1.82. The molecule has 0 aliphatic carbocycles. The first-order valence-corrected chi connectivity index (χ1v) is 10.2. The SMILES string of the molecule is COc1ccc(NS(=O)(=O)c2ccc(NC(=O)/C=C/c3ccc(C)o3)cc2)cc1. The van der Waals surface area contributed by atoms with E-state index in [0.717, 1.165) is 5.76 Å². The number of nitrogens with one attached hydrogen (secondary N) is 2. The Morgan fingerprint density at radius 2 is 1.62 bits per heavy atom. The maximum atomic E-state index is 12.5. The number of carbonyl (C=O) groups excluding carboxylic acids is 1. The minimum absolute atomic E-state index is 0.0768. The molecule has 1 amide bonds. The first kappa shape index (κ1) is 20.2. The van der Waals surface area contributed by atoms with Crippen LogP contribution in [-0.4, -0.2) is 21.4 Å². The van der Waals surface area contributed by atoms with Crippen molar-refractivity contribution < 1.29 is 22.4 Å². The van der Waals surface area contributed by atoms with Crippen LogP contribution < -0.4 is 14.8 Å². The van der Waals surface area contributed by atoms with Gasteiger partial charge in [0.2, 0.25) is 5.91 Å². The van der Waals surface area contributed by atoms with Crippen molar-refractivity contribution in [3.63, 3.8) is 0 Å². The van der Waals surface area contributed by atoms with Crippen molar-refractivity contribution in [2.45, 2.75) is 11.8 Å². The Morgan fingerprint density at radius 3 is 2.21 bits per heavy atom. The number of hydrogen-bond acceptors (Lipinski definition) is 5. The van der Waals surface area contributed by atoms with Crippen molar-refractivity contribution in [2.75, 3.05) is 17.1 Å². The van der Waals surface area contributed by atoms with E-state index in [1.54, 1.807) is 42.5 Å². The van der Waals surface area contributed by atoms with Crippen LogP contribution in [0.2, 0.25) is 0 Å². The topological polar surface area (TPSA) is 97.6 Å². The highest BCUT2D eigenvalue weighted by atomic mass is 32.2. The third kappa shape index (κ3) is 5.49. The number of anilines is 2. The molecule has 29 heavy (non-hydrogen) atoms. The lowest BCUT2D eigenvalue weighted by molar-refractivity contribution is -0.111. The average Bonchev–Trinajstić information content (AvgIpc) is 3.12. The van der Waals surface area contributed by atoms with Crippen LogP contribution in [0.1, 0.15) is 11.5 Å². The fraction of sp³-hybridized carbons (Fsp3) is 0.0952. The molecule has 150 valence electrons. The summed E-state index contributed by atoms with van der Waals surface area (Å²) >= 11 is 0. The van der Waals surface area contributed by atoms with Crippen molar-refractivity contribution in [1.29, 1.82) is 0 Å². The van der Waals surface area contributed by atoms with Crippen LogP contribution in [0, 0.1) is 6.92 Å². The van der Waals surface area contributed by atoms with E-state index in [0.29, 0.717) is 22.9 Å². The van der Waals surface area contributed by atoms with Gasteiger partial charge in [0.1, 0.15) is 17.3 Å². The Bertz CT molecular complexity index is 1110. The molecule has 2 aromatic carbocycles. The molecule has 1 aromatic heterocycles. The van der Waals surface area contributed by atoms with Gasteiger partial charge in [0.25, 0.3) is 10.0 Å². The van der Waals surface area contributed by atoms with Gasteiger partial charge in [0.05, 0.1) is 12.0 Å². The fourth-order valence-electron chi connectivity index (χ4n) is 2.48. The summed E-state index contributed by atoms with van der Waals surface area (Å²) in [7, 11) is -2.22. The fourth-order valence-corrected chi connectivity index (χ4v) is 3.53. The molecule has 0 aliphatic rings. The first-order chi connectivity index (χ1) is 13.9. The third-order valence-electron chi connectivity index (χ3n) is 3.93. The molecule has 0 spiro atoms. The molecule has 0 atom stereocenters. The van der Waals surface area contributed by atoms with E-state index in [9.17, 15) is 13.2 Å². The maximum absolute atomic E-state index is 12.5. The molecular weight excluding hydrogens is 392 g/mol. The summed E-state index contributed by atoms with van der Waals surface area (Å²) in [5.74, 6) is 1.60. The number of sulfonamides is 1. The van der Waals surface area contributed by atoms with Gasteiger partial charge in [-0.3, -0.25) is 9.52 Å². The zero-order valence-electron chi connectivity index (χ0n) is 15.9. The number of amides is 1. The molecule has 0 saturated carbocycles. The zero-order chi connectivity index (χ0) is 20.9. The highest BCUT2D eigenvalue weighted by Crippen LogP contribution is 2.20. The van der Waals surface area contributed by atoms with E-state index in [-0.39, 0.29) is 10.8 Å². The van der Waals surface area contributed by atoms with Crippen molar-refractivity contribution in [2.24, 2.45) is 0 Å². The number of hydrogen-bond donors (Lipinski definition) is 2. The van der Waals surface area contributed by atoms with Crippen LogP contribution in [0.4, 0.5) is 11.4 Å². The summed E-state index contributed by atoms with van der Waals surface area (Å²) < 4.78 is 37.9. The second kappa shape index (κ2) is 8.66. The molecular formula is C21H20N2O5S. The van der Waals surface area contributed by atoms with Crippen molar-refractivity contribution in [3.8, 4) is 5.75 Å². The highest BCUT2D eigenvalue weighted by molar-refractivity contribution is 7.92. The monoisotopic (exact) mass is 412 g/mol. The molecule has 3 rings (SSSR count). The van der Waals surface area contributed by atoms with E-state index >= 15 is 0 Å². The normalized spacial score (nSPS) is 11.4. The van der Waals surface area contributed by atoms with Gasteiger partial charge in [0.15, 0.2) is 0 Å². The molecule has 0 fully saturated rings. The van der Waals surface area contributed by atoms with Gasteiger partial charge in [-0.15, -0.1) is 0 Å².